The molecule has 0 amide bonds. The Balaban J connectivity index is 1.72. The van der Waals surface area contributed by atoms with Crippen LogP contribution in [0.4, 0.5) is 11.4 Å². The molecule has 3 aromatic carbocycles. The zero-order chi connectivity index (χ0) is 19.2. The van der Waals surface area contributed by atoms with E-state index >= 15 is 0 Å². The molecule has 3 rings (SSSR count). The van der Waals surface area contributed by atoms with Crippen LogP contribution in [-0.2, 0) is 25.8 Å². The molecule has 0 saturated heterocycles. The summed E-state index contributed by atoms with van der Waals surface area (Å²) in [6, 6.07) is 20.3. The number of rotatable bonds is 7. The first kappa shape index (κ1) is 18.8. The van der Waals surface area contributed by atoms with E-state index < -0.39 is 0 Å². The predicted molar refractivity (Wildman–Crippen MR) is 114 cm³/mol. The Morgan fingerprint density at radius 2 is 1.37 bits per heavy atom. The number of benzene rings is 3. The highest BCUT2D eigenvalue weighted by molar-refractivity contribution is 5.54. The quantitative estimate of drug-likeness (QED) is 0.501. The molecule has 0 aromatic heterocycles. The monoisotopic (exact) mass is 360 g/mol. The predicted octanol–water partition coefficient (Wildman–Crippen LogP) is 5.30. The van der Waals surface area contributed by atoms with Crippen LogP contribution in [0.25, 0.3) is 0 Å². The first-order valence-electron chi connectivity index (χ1n) is 9.60. The maximum absolute atomic E-state index is 9.40. The zero-order valence-electron chi connectivity index (χ0n) is 16.1. The minimum atomic E-state index is 0.297. The van der Waals surface area contributed by atoms with Gasteiger partial charge in [-0.3, -0.25) is 0 Å². The van der Waals surface area contributed by atoms with Gasteiger partial charge in [0.05, 0.1) is 0 Å². The van der Waals surface area contributed by atoms with Gasteiger partial charge in [-0.1, -0.05) is 50.2 Å². The summed E-state index contributed by atoms with van der Waals surface area (Å²) in [5.41, 5.74) is 14.4. The van der Waals surface area contributed by atoms with E-state index in [4.69, 9.17) is 5.73 Å². The molecule has 0 radical (unpaired) electrons. The van der Waals surface area contributed by atoms with E-state index in [0.717, 1.165) is 37.1 Å². The molecular weight excluding hydrogens is 332 g/mol. The zero-order valence-corrected chi connectivity index (χ0v) is 16.1. The summed E-state index contributed by atoms with van der Waals surface area (Å²) in [7, 11) is 0. The maximum Gasteiger partial charge on any atom is 0.115 e. The second-order valence-electron chi connectivity index (χ2n) is 6.93. The van der Waals surface area contributed by atoms with Gasteiger partial charge < -0.3 is 16.2 Å². The molecule has 0 aliphatic heterocycles. The van der Waals surface area contributed by atoms with Crippen molar-refractivity contribution in [2.24, 2.45) is 0 Å². The molecule has 0 fully saturated rings. The van der Waals surface area contributed by atoms with Crippen molar-refractivity contribution in [2.75, 3.05) is 11.1 Å². The third-order valence-corrected chi connectivity index (χ3v) is 4.97. The van der Waals surface area contributed by atoms with E-state index in [1.807, 2.05) is 18.2 Å². The number of nitrogens with two attached hydrogens (primary N) is 1. The fraction of sp³-hybridized carbons (Fsp3) is 0.250. The average Bonchev–Trinajstić information content (AvgIpc) is 2.69. The summed E-state index contributed by atoms with van der Waals surface area (Å²) in [5.74, 6) is 0.297. The summed E-state index contributed by atoms with van der Waals surface area (Å²) < 4.78 is 0. The lowest BCUT2D eigenvalue weighted by molar-refractivity contribution is 0.475. The lowest BCUT2D eigenvalue weighted by atomic mass is 9.98. The SMILES string of the molecule is CCc1cc(Cc2ccc(NCc3ccc(O)cc3)c(CC)c2)ccc1N. The summed E-state index contributed by atoms with van der Waals surface area (Å²) in [6.07, 6.45) is 2.85. The Hall–Kier alpha value is -2.94. The number of hydrogen-bond acceptors (Lipinski definition) is 3. The van der Waals surface area contributed by atoms with Gasteiger partial charge >= 0.3 is 0 Å². The molecule has 0 saturated carbocycles. The molecule has 0 spiro atoms. The summed E-state index contributed by atoms with van der Waals surface area (Å²) in [4.78, 5) is 0. The lowest BCUT2D eigenvalue weighted by Gasteiger charge is -2.14. The average molecular weight is 361 g/mol. The van der Waals surface area contributed by atoms with Crippen LogP contribution in [0.15, 0.2) is 60.7 Å². The molecule has 3 aromatic rings. The Labute approximate surface area is 161 Å². The van der Waals surface area contributed by atoms with Gasteiger partial charge in [-0.25, -0.2) is 0 Å². The smallest absolute Gasteiger partial charge is 0.115 e. The molecule has 0 atom stereocenters. The third kappa shape index (κ3) is 4.82. The van der Waals surface area contributed by atoms with Crippen molar-refractivity contribution in [1.82, 2.24) is 0 Å². The van der Waals surface area contributed by atoms with Crippen LogP contribution in [0.5, 0.6) is 5.75 Å². The van der Waals surface area contributed by atoms with Crippen LogP contribution < -0.4 is 11.1 Å². The fourth-order valence-corrected chi connectivity index (χ4v) is 3.34. The van der Waals surface area contributed by atoms with Crippen molar-refractivity contribution in [1.29, 1.82) is 0 Å². The van der Waals surface area contributed by atoms with E-state index in [2.05, 4.69) is 49.5 Å². The van der Waals surface area contributed by atoms with Crippen molar-refractivity contribution >= 4 is 11.4 Å². The van der Waals surface area contributed by atoms with E-state index in [1.54, 1.807) is 12.1 Å². The number of phenolic OH excluding ortho intramolecular Hbond substituents is 1. The van der Waals surface area contributed by atoms with Crippen molar-refractivity contribution in [3.8, 4) is 5.75 Å². The highest BCUT2D eigenvalue weighted by Gasteiger charge is 2.06. The number of nitrogens with one attached hydrogen (secondary N) is 1. The van der Waals surface area contributed by atoms with Crippen LogP contribution in [-0.4, -0.2) is 5.11 Å². The van der Waals surface area contributed by atoms with Gasteiger partial charge in [0.15, 0.2) is 0 Å². The number of hydrogen-bond donors (Lipinski definition) is 3. The van der Waals surface area contributed by atoms with Gasteiger partial charge in [0.1, 0.15) is 5.75 Å². The number of aromatic hydroxyl groups is 1. The molecule has 0 aliphatic carbocycles. The standard InChI is InChI=1S/C24H28N2O/c1-3-20-14-18(7-11-23(20)25)13-19-8-12-24(21(4-2)15-19)26-16-17-5-9-22(27)10-6-17/h5-12,14-15,26-27H,3-4,13,16,25H2,1-2H3. The first-order valence-corrected chi connectivity index (χ1v) is 9.60. The van der Waals surface area contributed by atoms with Gasteiger partial charge in [0, 0.05) is 17.9 Å². The van der Waals surface area contributed by atoms with Crippen LogP contribution in [0.1, 0.15) is 41.7 Å². The van der Waals surface area contributed by atoms with Crippen LogP contribution in [0, 0.1) is 0 Å². The molecule has 140 valence electrons. The third-order valence-electron chi connectivity index (χ3n) is 4.97. The number of nitrogen functional groups attached to an aromatic ring is 1. The second kappa shape index (κ2) is 8.63. The molecule has 0 heterocycles. The van der Waals surface area contributed by atoms with Crippen LogP contribution in [0.3, 0.4) is 0 Å². The molecule has 0 aliphatic rings. The molecule has 3 nitrogen and oxygen atoms in total. The normalized spacial score (nSPS) is 10.7. The Bertz CT molecular complexity index is 901. The lowest BCUT2D eigenvalue weighted by Crippen LogP contribution is -2.03. The topological polar surface area (TPSA) is 58.3 Å². The van der Waals surface area contributed by atoms with Gasteiger partial charge in [-0.05, 0) is 71.3 Å². The van der Waals surface area contributed by atoms with Crippen molar-refractivity contribution < 1.29 is 5.11 Å². The summed E-state index contributed by atoms with van der Waals surface area (Å²) in [5, 5.41) is 12.9. The van der Waals surface area contributed by atoms with E-state index in [0.29, 0.717) is 5.75 Å². The van der Waals surface area contributed by atoms with Crippen molar-refractivity contribution in [3.63, 3.8) is 0 Å². The number of anilines is 2. The first-order chi connectivity index (χ1) is 13.1. The summed E-state index contributed by atoms with van der Waals surface area (Å²) in [6.45, 7) is 5.06. The molecule has 4 N–H and O–H groups in total. The molecule has 3 heteroatoms. The highest BCUT2D eigenvalue weighted by atomic mass is 16.3. The molecule has 0 unspecified atom stereocenters. The number of phenols is 1. The molecular formula is C24H28N2O. The molecule has 27 heavy (non-hydrogen) atoms. The van der Waals surface area contributed by atoms with Gasteiger partial charge in [-0.2, -0.15) is 0 Å². The van der Waals surface area contributed by atoms with Crippen molar-refractivity contribution in [3.05, 3.63) is 88.5 Å². The largest absolute Gasteiger partial charge is 0.508 e. The maximum atomic E-state index is 9.40. The minimum Gasteiger partial charge on any atom is -0.508 e. The van der Waals surface area contributed by atoms with E-state index in [-0.39, 0.29) is 0 Å². The van der Waals surface area contributed by atoms with Gasteiger partial charge in [0.25, 0.3) is 0 Å². The second-order valence-corrected chi connectivity index (χ2v) is 6.93. The Morgan fingerprint density at radius 1 is 0.778 bits per heavy atom. The summed E-state index contributed by atoms with van der Waals surface area (Å²) >= 11 is 0. The minimum absolute atomic E-state index is 0.297. The highest BCUT2D eigenvalue weighted by Crippen LogP contribution is 2.23. The van der Waals surface area contributed by atoms with Crippen LogP contribution in [0.2, 0.25) is 0 Å². The van der Waals surface area contributed by atoms with E-state index in [1.165, 1.54) is 27.9 Å². The fourth-order valence-electron chi connectivity index (χ4n) is 3.34. The van der Waals surface area contributed by atoms with Crippen LogP contribution >= 0.6 is 0 Å². The van der Waals surface area contributed by atoms with Gasteiger partial charge in [0.2, 0.25) is 0 Å². The molecule has 0 bridgehead atoms. The Morgan fingerprint density at radius 3 is 2.04 bits per heavy atom. The van der Waals surface area contributed by atoms with Gasteiger partial charge in [-0.15, -0.1) is 0 Å². The van der Waals surface area contributed by atoms with E-state index in [9.17, 15) is 5.11 Å². The Kier molecular flexibility index (Phi) is 6.02. The number of aryl methyl sites for hydroxylation is 2. The van der Waals surface area contributed by atoms with Crippen molar-refractivity contribution in [2.45, 2.75) is 39.7 Å².